The third kappa shape index (κ3) is 4.11. The highest BCUT2D eigenvalue weighted by molar-refractivity contribution is 5.81. The fourth-order valence-electron chi connectivity index (χ4n) is 3.93. The Morgan fingerprint density at radius 1 is 1.46 bits per heavy atom. The maximum atomic E-state index is 4.86. The highest BCUT2D eigenvalue weighted by Gasteiger charge is 2.29. The molecule has 1 saturated heterocycles. The van der Waals surface area contributed by atoms with Crippen molar-refractivity contribution in [2.45, 2.75) is 46.6 Å². The van der Waals surface area contributed by atoms with Gasteiger partial charge in [0.25, 0.3) is 0 Å². The predicted molar refractivity (Wildman–Crippen MR) is 120 cm³/mol. The molecule has 4 nitrogen and oxygen atoms in total. The van der Waals surface area contributed by atoms with Crippen LogP contribution in [0.3, 0.4) is 0 Å². The van der Waals surface area contributed by atoms with Crippen molar-refractivity contribution in [1.29, 1.82) is 0 Å². The van der Waals surface area contributed by atoms with Gasteiger partial charge in [0.05, 0.1) is 11.7 Å². The van der Waals surface area contributed by atoms with Gasteiger partial charge in [-0.2, -0.15) is 0 Å². The van der Waals surface area contributed by atoms with Crippen LogP contribution in [-0.2, 0) is 6.42 Å². The second-order valence-electron chi connectivity index (χ2n) is 7.79. The van der Waals surface area contributed by atoms with Crippen LogP contribution >= 0.6 is 0 Å². The van der Waals surface area contributed by atoms with Gasteiger partial charge in [-0.15, -0.1) is 0 Å². The maximum Gasteiger partial charge on any atom is 0.121 e. The molecule has 1 N–H and O–H groups in total. The average molecular weight is 377 g/mol. The van der Waals surface area contributed by atoms with Crippen LogP contribution in [0.4, 0.5) is 0 Å². The van der Waals surface area contributed by atoms with Crippen LogP contribution in [-0.4, -0.2) is 41.4 Å². The standard InChI is InChI=1S/C24H32N4/c1-7-16(3)12-26-19(6)28-14-17(4)18(5)22(15-28)21(8-2)23-11-20-9-10-25-24(20)13-27-23/h7,9-10,12-13,17,23,25H,5-6,8,11,14-15H2,1-4H3/b16-7-,22-21+,26-12?. The largest absolute Gasteiger partial charge is 0.360 e. The average Bonchev–Trinajstić information content (AvgIpc) is 3.17. The number of likely N-dealkylation sites (tertiary alicyclic amines) is 1. The molecule has 0 bridgehead atoms. The number of aromatic nitrogens is 1. The minimum atomic E-state index is 0.189. The Balaban J connectivity index is 1.88. The van der Waals surface area contributed by atoms with E-state index in [0.717, 1.165) is 43.0 Å². The second-order valence-corrected chi connectivity index (χ2v) is 7.79. The number of H-pyrrole nitrogens is 1. The van der Waals surface area contributed by atoms with Crippen molar-refractivity contribution in [3.63, 3.8) is 0 Å². The van der Waals surface area contributed by atoms with E-state index < -0.39 is 0 Å². The zero-order chi connectivity index (χ0) is 20.3. The Hall–Kier alpha value is -2.62. The lowest BCUT2D eigenvalue weighted by Crippen LogP contribution is -2.37. The molecule has 1 aromatic rings. The van der Waals surface area contributed by atoms with E-state index in [1.54, 1.807) is 0 Å². The van der Waals surface area contributed by atoms with Gasteiger partial charge in [0.1, 0.15) is 5.82 Å². The van der Waals surface area contributed by atoms with E-state index in [9.17, 15) is 0 Å². The molecule has 0 aromatic carbocycles. The molecule has 1 aromatic heterocycles. The fourth-order valence-corrected chi connectivity index (χ4v) is 3.93. The van der Waals surface area contributed by atoms with Crippen LogP contribution in [0, 0.1) is 5.92 Å². The van der Waals surface area contributed by atoms with Crippen LogP contribution < -0.4 is 0 Å². The number of aromatic amines is 1. The number of rotatable bonds is 5. The number of hydrogen-bond donors (Lipinski definition) is 1. The third-order valence-electron chi connectivity index (χ3n) is 5.90. The number of nitrogens with one attached hydrogen (secondary N) is 1. The van der Waals surface area contributed by atoms with Crippen LogP contribution in [0.15, 0.2) is 69.6 Å². The number of aliphatic imine (C=N–C) groups is 2. The molecule has 1 fully saturated rings. The monoisotopic (exact) mass is 376 g/mol. The molecule has 0 spiro atoms. The smallest absolute Gasteiger partial charge is 0.121 e. The first kappa shape index (κ1) is 20.1. The summed E-state index contributed by atoms with van der Waals surface area (Å²) in [5.74, 6) is 1.18. The first-order valence-corrected chi connectivity index (χ1v) is 10.2. The van der Waals surface area contributed by atoms with Gasteiger partial charge in [-0.25, -0.2) is 4.99 Å². The van der Waals surface area contributed by atoms with Crippen molar-refractivity contribution in [3.8, 4) is 0 Å². The zero-order valence-corrected chi connectivity index (χ0v) is 17.6. The van der Waals surface area contributed by atoms with E-state index in [-0.39, 0.29) is 6.04 Å². The summed E-state index contributed by atoms with van der Waals surface area (Å²) >= 11 is 0. The summed E-state index contributed by atoms with van der Waals surface area (Å²) in [6.45, 7) is 18.9. The number of nitrogens with zero attached hydrogens (tertiary/aromatic N) is 3. The molecular formula is C24H32N4. The molecule has 0 aliphatic carbocycles. The Kier molecular flexibility index (Phi) is 6.18. The number of fused-ring (bicyclic) bond motifs is 1. The zero-order valence-electron chi connectivity index (χ0n) is 17.6. The second kappa shape index (κ2) is 8.59. The van der Waals surface area contributed by atoms with Crippen molar-refractivity contribution < 1.29 is 0 Å². The molecule has 3 rings (SSSR count). The van der Waals surface area contributed by atoms with Gasteiger partial charge in [-0.1, -0.05) is 33.1 Å². The van der Waals surface area contributed by atoms with Crippen LogP contribution in [0.5, 0.6) is 0 Å². The van der Waals surface area contributed by atoms with E-state index in [2.05, 4.69) is 47.9 Å². The van der Waals surface area contributed by atoms with E-state index in [4.69, 9.17) is 4.99 Å². The molecule has 3 heterocycles. The van der Waals surface area contributed by atoms with E-state index in [1.165, 1.54) is 22.3 Å². The normalized spacial score (nSPS) is 24.6. The first-order valence-electron chi connectivity index (χ1n) is 10.2. The molecular weight excluding hydrogens is 344 g/mol. The lowest BCUT2D eigenvalue weighted by Gasteiger charge is -2.38. The van der Waals surface area contributed by atoms with Crippen molar-refractivity contribution in [3.05, 3.63) is 70.9 Å². The lowest BCUT2D eigenvalue weighted by molar-refractivity contribution is 0.307. The summed E-state index contributed by atoms with van der Waals surface area (Å²) in [5, 5.41) is 0. The minimum Gasteiger partial charge on any atom is -0.360 e. The Morgan fingerprint density at radius 3 is 2.96 bits per heavy atom. The summed E-state index contributed by atoms with van der Waals surface area (Å²) in [4.78, 5) is 15.0. The van der Waals surface area contributed by atoms with Crippen molar-refractivity contribution >= 4 is 12.4 Å². The molecule has 0 amide bonds. The highest BCUT2D eigenvalue weighted by Crippen LogP contribution is 2.34. The quantitative estimate of drug-likeness (QED) is 0.716. The summed E-state index contributed by atoms with van der Waals surface area (Å²) in [6, 6.07) is 2.35. The first-order chi connectivity index (χ1) is 13.4. The summed E-state index contributed by atoms with van der Waals surface area (Å²) in [7, 11) is 0. The van der Waals surface area contributed by atoms with Crippen molar-refractivity contribution in [2.24, 2.45) is 15.9 Å². The SMILES string of the molecule is C=C1/C(=C(\CC)C2Cc3cc[nH]c3C=N2)CN(C(=C)N=C/C(C)=C\C)CC1C. The highest BCUT2D eigenvalue weighted by atomic mass is 15.2. The minimum absolute atomic E-state index is 0.189. The van der Waals surface area contributed by atoms with Crippen LogP contribution in [0.25, 0.3) is 0 Å². The number of hydrogen-bond acceptors (Lipinski definition) is 3. The molecule has 0 radical (unpaired) electrons. The lowest BCUT2D eigenvalue weighted by atomic mass is 9.82. The van der Waals surface area contributed by atoms with Gasteiger partial charge in [0, 0.05) is 38.1 Å². The maximum absolute atomic E-state index is 4.86. The van der Waals surface area contributed by atoms with Gasteiger partial charge in [-0.3, -0.25) is 4.99 Å². The molecule has 2 unspecified atom stereocenters. The Labute approximate surface area is 169 Å². The molecule has 148 valence electrons. The molecule has 2 aliphatic heterocycles. The van der Waals surface area contributed by atoms with Crippen LogP contribution in [0.2, 0.25) is 0 Å². The van der Waals surface area contributed by atoms with Crippen molar-refractivity contribution in [1.82, 2.24) is 9.88 Å². The summed E-state index contributed by atoms with van der Waals surface area (Å²) in [6.07, 6.45) is 9.84. The van der Waals surface area contributed by atoms with Gasteiger partial charge >= 0.3 is 0 Å². The number of piperidine rings is 1. The predicted octanol–water partition coefficient (Wildman–Crippen LogP) is 5.08. The summed E-state index contributed by atoms with van der Waals surface area (Å²) < 4.78 is 0. The molecule has 4 heteroatoms. The summed E-state index contributed by atoms with van der Waals surface area (Å²) in [5.41, 5.74) is 7.58. The molecule has 28 heavy (non-hydrogen) atoms. The Bertz CT molecular complexity index is 878. The van der Waals surface area contributed by atoms with E-state index in [0.29, 0.717) is 5.92 Å². The van der Waals surface area contributed by atoms with Gasteiger partial charge in [0.15, 0.2) is 0 Å². The topological polar surface area (TPSA) is 43.8 Å². The number of allylic oxidation sites excluding steroid dienone is 2. The van der Waals surface area contributed by atoms with Crippen LogP contribution in [0.1, 0.15) is 45.4 Å². The van der Waals surface area contributed by atoms with E-state index in [1.807, 2.05) is 38.5 Å². The van der Waals surface area contributed by atoms with Gasteiger partial charge < -0.3 is 9.88 Å². The van der Waals surface area contributed by atoms with Crippen molar-refractivity contribution in [2.75, 3.05) is 13.1 Å². The van der Waals surface area contributed by atoms with E-state index >= 15 is 0 Å². The fraction of sp³-hybridized carbons (Fsp3) is 0.417. The van der Waals surface area contributed by atoms with Gasteiger partial charge in [0.2, 0.25) is 0 Å². The molecule has 0 saturated carbocycles. The van der Waals surface area contributed by atoms with Gasteiger partial charge in [-0.05, 0) is 60.1 Å². The molecule has 2 aliphatic rings. The Morgan fingerprint density at radius 2 is 2.25 bits per heavy atom. The molecule has 2 atom stereocenters. The third-order valence-corrected chi connectivity index (χ3v) is 5.90.